The van der Waals surface area contributed by atoms with Gasteiger partial charge in [0.05, 0.1) is 7.11 Å². The summed E-state index contributed by atoms with van der Waals surface area (Å²) < 4.78 is 5.50. The van der Waals surface area contributed by atoms with E-state index in [9.17, 15) is 0 Å². The zero-order valence-electron chi connectivity index (χ0n) is 13.0. The van der Waals surface area contributed by atoms with Gasteiger partial charge in [0.2, 0.25) is 0 Å². The van der Waals surface area contributed by atoms with Crippen LogP contribution in [0.3, 0.4) is 0 Å². The minimum Gasteiger partial charge on any atom is -0.496 e. The van der Waals surface area contributed by atoms with E-state index in [-0.39, 0.29) is 0 Å². The first-order valence-corrected chi connectivity index (χ1v) is 7.69. The molecule has 0 heterocycles. The van der Waals surface area contributed by atoms with Crippen LogP contribution in [0.4, 0.5) is 0 Å². The molecule has 3 N–H and O–H groups in total. The maximum atomic E-state index is 5.88. The van der Waals surface area contributed by atoms with Gasteiger partial charge >= 0.3 is 0 Å². The first-order chi connectivity index (χ1) is 9.59. The summed E-state index contributed by atoms with van der Waals surface area (Å²) in [4.78, 5) is 0. The first kappa shape index (κ1) is 15.3. The molecule has 0 amide bonds. The Morgan fingerprint density at radius 1 is 1.30 bits per heavy atom. The molecule has 0 aliphatic heterocycles. The Hall–Kier alpha value is -1.06. The number of hydrazine groups is 1. The van der Waals surface area contributed by atoms with Crippen LogP contribution >= 0.6 is 0 Å². The van der Waals surface area contributed by atoms with Crippen molar-refractivity contribution in [2.45, 2.75) is 58.4 Å². The minimum absolute atomic E-state index is 0.293. The molecule has 1 saturated carbocycles. The Morgan fingerprint density at radius 2 is 2.00 bits per heavy atom. The summed E-state index contributed by atoms with van der Waals surface area (Å²) in [7, 11) is 1.74. The highest BCUT2D eigenvalue weighted by Gasteiger charge is 2.35. The third-order valence-corrected chi connectivity index (χ3v) is 4.90. The third kappa shape index (κ3) is 3.33. The molecular weight excluding hydrogens is 248 g/mol. The lowest BCUT2D eigenvalue weighted by molar-refractivity contribution is 0.143. The molecule has 1 aliphatic carbocycles. The van der Waals surface area contributed by atoms with E-state index in [0.717, 1.165) is 12.2 Å². The van der Waals surface area contributed by atoms with E-state index in [4.69, 9.17) is 10.6 Å². The minimum atomic E-state index is 0.293. The van der Waals surface area contributed by atoms with Crippen molar-refractivity contribution in [2.24, 2.45) is 11.3 Å². The molecule has 112 valence electrons. The number of hydrogen-bond donors (Lipinski definition) is 2. The Kier molecular flexibility index (Phi) is 5.06. The molecule has 0 spiro atoms. The Balaban J connectivity index is 2.19. The zero-order chi connectivity index (χ0) is 14.6. The molecule has 20 heavy (non-hydrogen) atoms. The standard InChI is InChI=1S/C17H28N2O/c1-13-7-8-15(20-3)14(11-13)12-16(19-18)17(2)9-5-4-6-10-17/h7-8,11,16,19H,4-6,9-10,12,18H2,1-3H3. The van der Waals surface area contributed by atoms with Gasteiger partial charge in [0.25, 0.3) is 0 Å². The monoisotopic (exact) mass is 276 g/mol. The summed E-state index contributed by atoms with van der Waals surface area (Å²) in [6.07, 6.45) is 7.45. The van der Waals surface area contributed by atoms with Crippen LogP contribution in [-0.4, -0.2) is 13.2 Å². The number of aryl methyl sites for hydroxylation is 1. The van der Waals surface area contributed by atoms with Crippen LogP contribution in [0.25, 0.3) is 0 Å². The number of nitrogens with two attached hydrogens (primary N) is 1. The molecule has 1 aliphatic rings. The fraction of sp³-hybridized carbons (Fsp3) is 0.647. The second-order valence-electron chi connectivity index (χ2n) is 6.45. The van der Waals surface area contributed by atoms with Crippen LogP contribution in [0.2, 0.25) is 0 Å². The predicted octanol–water partition coefficient (Wildman–Crippen LogP) is 3.35. The van der Waals surface area contributed by atoms with Gasteiger partial charge in [-0.15, -0.1) is 0 Å². The van der Waals surface area contributed by atoms with Gasteiger partial charge < -0.3 is 4.74 Å². The molecule has 1 atom stereocenters. The molecule has 1 aromatic carbocycles. The second-order valence-corrected chi connectivity index (χ2v) is 6.45. The van der Waals surface area contributed by atoms with Gasteiger partial charge in [-0.2, -0.15) is 0 Å². The predicted molar refractivity (Wildman–Crippen MR) is 83.7 cm³/mol. The van der Waals surface area contributed by atoms with Crippen molar-refractivity contribution in [3.05, 3.63) is 29.3 Å². The van der Waals surface area contributed by atoms with E-state index >= 15 is 0 Å². The lowest BCUT2D eigenvalue weighted by Crippen LogP contribution is -2.49. The molecular formula is C17H28N2O. The third-order valence-electron chi connectivity index (χ3n) is 4.90. The van der Waals surface area contributed by atoms with E-state index in [1.165, 1.54) is 43.2 Å². The van der Waals surface area contributed by atoms with Crippen molar-refractivity contribution in [2.75, 3.05) is 7.11 Å². The molecule has 1 aromatic rings. The fourth-order valence-corrected chi connectivity index (χ4v) is 3.50. The molecule has 1 unspecified atom stereocenters. The lowest BCUT2D eigenvalue weighted by Gasteiger charge is -2.40. The molecule has 2 rings (SSSR count). The van der Waals surface area contributed by atoms with Gasteiger partial charge in [-0.3, -0.25) is 11.3 Å². The number of methoxy groups -OCH3 is 1. The van der Waals surface area contributed by atoms with Gasteiger partial charge in [0, 0.05) is 6.04 Å². The van der Waals surface area contributed by atoms with Crippen molar-refractivity contribution in [3.8, 4) is 5.75 Å². The molecule has 0 radical (unpaired) electrons. The van der Waals surface area contributed by atoms with Gasteiger partial charge in [0.1, 0.15) is 5.75 Å². The van der Waals surface area contributed by atoms with Crippen molar-refractivity contribution < 1.29 is 4.74 Å². The Bertz CT molecular complexity index is 439. The normalized spacial score (nSPS) is 19.6. The first-order valence-electron chi connectivity index (χ1n) is 7.69. The summed E-state index contributed by atoms with van der Waals surface area (Å²) in [5.41, 5.74) is 5.89. The second kappa shape index (κ2) is 6.59. The van der Waals surface area contributed by atoms with Gasteiger partial charge in [0.15, 0.2) is 0 Å². The number of rotatable bonds is 5. The Labute approximate surface area is 122 Å². The van der Waals surface area contributed by atoms with E-state index in [1.807, 2.05) is 0 Å². The Morgan fingerprint density at radius 3 is 2.60 bits per heavy atom. The quantitative estimate of drug-likeness (QED) is 0.640. The average molecular weight is 276 g/mol. The van der Waals surface area contributed by atoms with Crippen LogP contribution in [-0.2, 0) is 6.42 Å². The van der Waals surface area contributed by atoms with Crippen LogP contribution in [0, 0.1) is 12.3 Å². The van der Waals surface area contributed by atoms with Crippen LogP contribution < -0.4 is 16.0 Å². The van der Waals surface area contributed by atoms with Gasteiger partial charge in [-0.05, 0) is 43.2 Å². The van der Waals surface area contributed by atoms with Crippen LogP contribution in [0.5, 0.6) is 5.75 Å². The smallest absolute Gasteiger partial charge is 0.122 e. The molecule has 0 aromatic heterocycles. The number of nitrogens with one attached hydrogen (secondary N) is 1. The summed E-state index contributed by atoms with van der Waals surface area (Å²) >= 11 is 0. The van der Waals surface area contributed by atoms with E-state index in [1.54, 1.807) is 7.11 Å². The number of ether oxygens (including phenoxy) is 1. The van der Waals surface area contributed by atoms with Crippen molar-refractivity contribution in [1.82, 2.24) is 5.43 Å². The molecule has 3 nitrogen and oxygen atoms in total. The van der Waals surface area contributed by atoms with Gasteiger partial charge in [-0.1, -0.05) is 43.9 Å². The highest BCUT2D eigenvalue weighted by atomic mass is 16.5. The lowest BCUT2D eigenvalue weighted by atomic mass is 9.69. The van der Waals surface area contributed by atoms with Gasteiger partial charge in [-0.25, -0.2) is 0 Å². The number of hydrogen-bond acceptors (Lipinski definition) is 3. The summed E-state index contributed by atoms with van der Waals surface area (Å²) in [5, 5.41) is 0. The molecule has 3 heteroatoms. The van der Waals surface area contributed by atoms with Crippen LogP contribution in [0.15, 0.2) is 18.2 Å². The molecule has 0 saturated heterocycles. The van der Waals surface area contributed by atoms with E-state index in [0.29, 0.717) is 11.5 Å². The molecule has 1 fully saturated rings. The SMILES string of the molecule is COc1ccc(C)cc1CC(NN)C1(C)CCCCC1. The topological polar surface area (TPSA) is 47.3 Å². The fourth-order valence-electron chi connectivity index (χ4n) is 3.50. The largest absolute Gasteiger partial charge is 0.496 e. The van der Waals surface area contributed by atoms with E-state index < -0.39 is 0 Å². The summed E-state index contributed by atoms with van der Waals surface area (Å²) in [6.45, 7) is 4.50. The summed E-state index contributed by atoms with van der Waals surface area (Å²) in [6, 6.07) is 6.67. The zero-order valence-corrected chi connectivity index (χ0v) is 13.0. The maximum absolute atomic E-state index is 5.88. The highest BCUT2D eigenvalue weighted by molar-refractivity contribution is 5.37. The summed E-state index contributed by atoms with van der Waals surface area (Å²) in [5.74, 6) is 6.84. The average Bonchev–Trinajstić information content (AvgIpc) is 2.45. The highest BCUT2D eigenvalue weighted by Crippen LogP contribution is 2.40. The van der Waals surface area contributed by atoms with Crippen molar-refractivity contribution in [1.29, 1.82) is 0 Å². The van der Waals surface area contributed by atoms with Crippen LogP contribution in [0.1, 0.15) is 50.2 Å². The number of benzene rings is 1. The van der Waals surface area contributed by atoms with E-state index in [2.05, 4.69) is 37.5 Å². The molecule has 0 bridgehead atoms. The van der Waals surface area contributed by atoms with Crippen molar-refractivity contribution >= 4 is 0 Å². The van der Waals surface area contributed by atoms with Crippen molar-refractivity contribution in [3.63, 3.8) is 0 Å². The maximum Gasteiger partial charge on any atom is 0.122 e.